The minimum Gasteiger partial charge on any atom is -0.337 e. The highest BCUT2D eigenvalue weighted by Crippen LogP contribution is 2.18. The monoisotopic (exact) mass is 277 g/mol. The molecule has 110 valence electrons. The minimum absolute atomic E-state index is 0.0542. The molecule has 20 heavy (non-hydrogen) atoms. The van der Waals surface area contributed by atoms with Gasteiger partial charge in [-0.15, -0.1) is 0 Å². The van der Waals surface area contributed by atoms with Crippen LogP contribution in [0, 0.1) is 6.92 Å². The Morgan fingerprint density at radius 3 is 2.90 bits per heavy atom. The molecule has 1 unspecified atom stereocenters. The molecule has 6 heteroatoms. The SMILES string of the molecule is Cc1cc(C(=O)N2CCCC(N(C)C)C2)cc(NN)n1. The number of nitrogens with one attached hydrogen (secondary N) is 1. The fourth-order valence-electron chi connectivity index (χ4n) is 2.61. The molecular weight excluding hydrogens is 254 g/mol. The van der Waals surface area contributed by atoms with Crippen molar-refractivity contribution in [3.63, 3.8) is 0 Å². The van der Waals surface area contributed by atoms with Gasteiger partial charge in [0.05, 0.1) is 0 Å². The zero-order chi connectivity index (χ0) is 14.7. The molecule has 3 N–H and O–H groups in total. The maximum atomic E-state index is 12.6. The van der Waals surface area contributed by atoms with Crippen molar-refractivity contribution in [3.05, 3.63) is 23.4 Å². The largest absolute Gasteiger partial charge is 0.337 e. The van der Waals surface area contributed by atoms with Crippen LogP contribution >= 0.6 is 0 Å². The average Bonchev–Trinajstić information content (AvgIpc) is 2.45. The molecule has 2 heterocycles. The van der Waals surface area contributed by atoms with Crippen molar-refractivity contribution in [3.8, 4) is 0 Å². The zero-order valence-electron chi connectivity index (χ0n) is 12.4. The molecule has 0 bridgehead atoms. The number of nitrogen functional groups attached to an aromatic ring is 1. The van der Waals surface area contributed by atoms with Gasteiger partial charge >= 0.3 is 0 Å². The van der Waals surface area contributed by atoms with Gasteiger partial charge in [-0.05, 0) is 46.0 Å². The van der Waals surface area contributed by atoms with Crippen molar-refractivity contribution >= 4 is 11.7 Å². The third kappa shape index (κ3) is 3.26. The normalized spacial score (nSPS) is 19.2. The minimum atomic E-state index is 0.0542. The first-order valence-electron chi connectivity index (χ1n) is 6.92. The summed E-state index contributed by atoms with van der Waals surface area (Å²) >= 11 is 0. The summed E-state index contributed by atoms with van der Waals surface area (Å²) < 4.78 is 0. The molecular formula is C14H23N5O. The molecule has 1 aromatic rings. The molecule has 1 amide bonds. The predicted molar refractivity (Wildman–Crippen MR) is 79.4 cm³/mol. The Balaban J connectivity index is 2.16. The Bertz CT molecular complexity index is 488. The first-order chi connectivity index (χ1) is 9.51. The molecule has 1 aromatic heterocycles. The van der Waals surface area contributed by atoms with Gasteiger partial charge in [0.1, 0.15) is 5.82 Å². The maximum Gasteiger partial charge on any atom is 0.254 e. The molecule has 0 spiro atoms. The second-order valence-corrected chi connectivity index (χ2v) is 5.54. The number of nitrogens with two attached hydrogens (primary N) is 1. The van der Waals surface area contributed by atoms with Crippen LogP contribution in [0.1, 0.15) is 28.9 Å². The van der Waals surface area contributed by atoms with Gasteiger partial charge in [-0.25, -0.2) is 10.8 Å². The van der Waals surface area contributed by atoms with E-state index in [1.807, 2.05) is 17.9 Å². The number of carbonyl (C=O) groups excluding carboxylic acids is 1. The van der Waals surface area contributed by atoms with Gasteiger partial charge in [-0.2, -0.15) is 0 Å². The van der Waals surface area contributed by atoms with Gasteiger partial charge in [-0.3, -0.25) is 4.79 Å². The predicted octanol–water partition coefficient (Wildman–Crippen LogP) is 0.842. The van der Waals surface area contributed by atoms with E-state index < -0.39 is 0 Å². The molecule has 0 aliphatic carbocycles. The molecule has 2 rings (SSSR count). The first-order valence-corrected chi connectivity index (χ1v) is 6.92. The molecule has 1 aliphatic rings. The van der Waals surface area contributed by atoms with E-state index in [1.165, 1.54) is 0 Å². The Labute approximate surface area is 119 Å². The number of piperidine rings is 1. The van der Waals surface area contributed by atoms with Crippen molar-refractivity contribution in [1.29, 1.82) is 0 Å². The summed E-state index contributed by atoms with van der Waals surface area (Å²) in [6, 6.07) is 3.94. The highest BCUT2D eigenvalue weighted by molar-refractivity contribution is 5.95. The number of likely N-dealkylation sites (tertiary alicyclic amines) is 1. The Kier molecular flexibility index (Phi) is 4.57. The molecule has 1 aliphatic heterocycles. The van der Waals surface area contributed by atoms with Crippen molar-refractivity contribution in [2.75, 3.05) is 32.6 Å². The molecule has 1 saturated heterocycles. The summed E-state index contributed by atoms with van der Waals surface area (Å²) in [4.78, 5) is 20.9. The van der Waals surface area contributed by atoms with E-state index in [2.05, 4.69) is 29.4 Å². The number of rotatable bonds is 3. The van der Waals surface area contributed by atoms with Gasteiger partial charge < -0.3 is 15.2 Å². The number of hydrazine groups is 1. The van der Waals surface area contributed by atoms with Crippen LogP contribution < -0.4 is 11.3 Å². The van der Waals surface area contributed by atoms with Crippen LogP contribution in [0.25, 0.3) is 0 Å². The summed E-state index contributed by atoms with van der Waals surface area (Å²) in [6.45, 7) is 3.45. The Morgan fingerprint density at radius 1 is 1.50 bits per heavy atom. The summed E-state index contributed by atoms with van der Waals surface area (Å²) in [7, 11) is 4.12. The number of hydrogen-bond donors (Lipinski definition) is 2. The van der Waals surface area contributed by atoms with Crippen LogP contribution in [-0.2, 0) is 0 Å². The van der Waals surface area contributed by atoms with Crippen LogP contribution in [0.5, 0.6) is 0 Å². The molecule has 1 fully saturated rings. The lowest BCUT2D eigenvalue weighted by Crippen LogP contribution is -2.47. The van der Waals surface area contributed by atoms with Crippen LogP contribution in [-0.4, -0.2) is 53.9 Å². The third-order valence-electron chi connectivity index (χ3n) is 3.76. The average molecular weight is 277 g/mol. The second kappa shape index (κ2) is 6.19. The lowest BCUT2D eigenvalue weighted by molar-refractivity contribution is 0.0635. The summed E-state index contributed by atoms with van der Waals surface area (Å²) in [5, 5.41) is 0. The fraction of sp³-hybridized carbons (Fsp3) is 0.571. The first kappa shape index (κ1) is 14.7. The van der Waals surface area contributed by atoms with E-state index in [4.69, 9.17) is 5.84 Å². The van der Waals surface area contributed by atoms with Crippen LogP contribution in [0.15, 0.2) is 12.1 Å². The van der Waals surface area contributed by atoms with Crippen molar-refractivity contribution in [1.82, 2.24) is 14.8 Å². The maximum absolute atomic E-state index is 12.6. The number of likely N-dealkylation sites (N-methyl/N-ethyl adjacent to an activating group) is 1. The quantitative estimate of drug-likeness (QED) is 0.632. The van der Waals surface area contributed by atoms with Crippen molar-refractivity contribution < 1.29 is 4.79 Å². The second-order valence-electron chi connectivity index (χ2n) is 5.54. The van der Waals surface area contributed by atoms with Crippen LogP contribution in [0.4, 0.5) is 5.82 Å². The van der Waals surface area contributed by atoms with Gasteiger partial charge in [0.15, 0.2) is 0 Å². The van der Waals surface area contributed by atoms with Crippen molar-refractivity contribution in [2.45, 2.75) is 25.8 Å². The van der Waals surface area contributed by atoms with Crippen LogP contribution in [0.2, 0.25) is 0 Å². The Hall–Kier alpha value is -1.66. The topological polar surface area (TPSA) is 74.5 Å². The third-order valence-corrected chi connectivity index (χ3v) is 3.76. The van der Waals surface area contributed by atoms with E-state index in [1.54, 1.807) is 6.07 Å². The van der Waals surface area contributed by atoms with Crippen molar-refractivity contribution in [2.24, 2.45) is 5.84 Å². The molecule has 0 radical (unpaired) electrons. The number of hydrogen-bond acceptors (Lipinski definition) is 5. The van der Waals surface area contributed by atoms with Gasteiger partial charge in [0.25, 0.3) is 5.91 Å². The summed E-state index contributed by atoms with van der Waals surface area (Å²) in [6.07, 6.45) is 2.18. The fourth-order valence-corrected chi connectivity index (χ4v) is 2.61. The number of aromatic nitrogens is 1. The summed E-state index contributed by atoms with van der Waals surface area (Å²) in [5.74, 6) is 5.96. The lowest BCUT2D eigenvalue weighted by atomic mass is 10.0. The Morgan fingerprint density at radius 2 is 2.25 bits per heavy atom. The van der Waals surface area contributed by atoms with E-state index in [0.29, 0.717) is 17.4 Å². The molecule has 1 atom stereocenters. The van der Waals surface area contributed by atoms with Crippen LogP contribution in [0.3, 0.4) is 0 Å². The molecule has 0 aromatic carbocycles. The lowest BCUT2D eigenvalue weighted by Gasteiger charge is -2.36. The number of pyridine rings is 1. The number of anilines is 1. The van der Waals surface area contributed by atoms with Gasteiger partial charge in [-0.1, -0.05) is 0 Å². The highest BCUT2D eigenvalue weighted by atomic mass is 16.2. The van der Waals surface area contributed by atoms with Gasteiger partial charge in [0, 0.05) is 30.4 Å². The highest BCUT2D eigenvalue weighted by Gasteiger charge is 2.25. The smallest absolute Gasteiger partial charge is 0.254 e. The van der Waals surface area contributed by atoms with E-state index in [0.717, 1.165) is 31.6 Å². The standard InChI is InChI=1S/C14H23N5O/c1-10-7-11(8-13(16-10)17-15)14(20)19-6-4-5-12(9-19)18(2)3/h7-8,12H,4-6,9,15H2,1-3H3,(H,16,17). The summed E-state index contributed by atoms with van der Waals surface area (Å²) in [5.41, 5.74) is 3.93. The van der Waals surface area contributed by atoms with E-state index >= 15 is 0 Å². The number of aryl methyl sites for hydroxylation is 1. The molecule has 0 saturated carbocycles. The van der Waals surface area contributed by atoms with Gasteiger partial charge in [0.2, 0.25) is 0 Å². The number of amides is 1. The molecule has 6 nitrogen and oxygen atoms in total. The zero-order valence-corrected chi connectivity index (χ0v) is 12.4. The van der Waals surface area contributed by atoms with E-state index in [9.17, 15) is 4.79 Å². The number of carbonyl (C=O) groups is 1. The number of nitrogens with zero attached hydrogens (tertiary/aromatic N) is 3. The van der Waals surface area contributed by atoms with E-state index in [-0.39, 0.29) is 5.91 Å².